The third-order valence-electron chi connectivity index (χ3n) is 8.00. The lowest BCUT2D eigenvalue weighted by atomic mass is 10.1. The standard InChI is InChI=1S/C23H32N9O18P3/c1-8-26-17-11(19(36)27-8)25-6-31(17)21-14(34)13(33)9(47-21)4-45-51(38,39)49-53(42,43)50-52(40,41)46-5-10-16(44-3)15(35)22(48-10)32-7-30(2)12-18(32)28-23(24)29-20(12)37/h6-7,9-10,13-16,21-22,33-35H,4-5H2,1-3H3,(H6-,24,26,27,28,29,36,37,38,39,40,41,42,43)/p-2/t9-,10-,13+,14?,15?,16+,21-,22-/m1/s1. The van der Waals surface area contributed by atoms with E-state index in [2.05, 4.69) is 42.6 Å². The minimum Gasteiger partial charge on any atom is -0.756 e. The molecule has 4 aromatic rings. The van der Waals surface area contributed by atoms with Gasteiger partial charge in [0.2, 0.25) is 11.7 Å². The van der Waals surface area contributed by atoms with E-state index in [4.69, 9.17) is 19.9 Å². The van der Waals surface area contributed by atoms with Crippen LogP contribution in [-0.2, 0) is 52.6 Å². The van der Waals surface area contributed by atoms with E-state index in [-0.39, 0.29) is 34.1 Å². The zero-order chi connectivity index (χ0) is 38.8. The molecule has 292 valence electrons. The summed E-state index contributed by atoms with van der Waals surface area (Å²) in [6.07, 6.45) is -9.96. The molecule has 0 radical (unpaired) electrons. The number of hydrogen-bond donors (Lipinski definition) is 6. The summed E-state index contributed by atoms with van der Waals surface area (Å²) in [5.41, 5.74) is 4.24. The molecule has 30 heteroatoms. The van der Waals surface area contributed by atoms with E-state index in [0.717, 1.165) is 18.0 Å². The Kier molecular flexibility index (Phi) is 10.7. The Labute approximate surface area is 294 Å². The molecule has 53 heavy (non-hydrogen) atoms. The molecule has 2 fully saturated rings. The van der Waals surface area contributed by atoms with Crippen molar-refractivity contribution in [1.29, 1.82) is 0 Å². The molecule has 2 aliphatic rings. The first-order valence-corrected chi connectivity index (χ1v) is 19.3. The highest BCUT2D eigenvalue weighted by Gasteiger charge is 2.49. The van der Waals surface area contributed by atoms with Crippen molar-refractivity contribution in [3.63, 3.8) is 0 Å². The van der Waals surface area contributed by atoms with Crippen LogP contribution in [0.1, 0.15) is 18.3 Å². The van der Waals surface area contributed by atoms with Gasteiger partial charge in [0.25, 0.3) is 40.5 Å². The Bertz CT molecular complexity index is 2300. The minimum absolute atomic E-state index is 0.0252. The summed E-state index contributed by atoms with van der Waals surface area (Å²) in [6.45, 7) is -0.741. The molecular formula is C23H30N9O18P3-2. The van der Waals surface area contributed by atoms with Crippen LogP contribution < -0.4 is 36.1 Å². The topological polar surface area (TPSA) is 390 Å². The van der Waals surface area contributed by atoms with Crippen LogP contribution in [0.3, 0.4) is 0 Å². The summed E-state index contributed by atoms with van der Waals surface area (Å²) in [6, 6.07) is 0. The van der Waals surface area contributed by atoms with Crippen LogP contribution in [0, 0.1) is 6.92 Å². The number of aromatic amines is 2. The average Bonchev–Trinajstić information content (AvgIpc) is 3.76. The second-order valence-corrected chi connectivity index (χ2v) is 16.1. The van der Waals surface area contributed by atoms with Crippen LogP contribution in [0.25, 0.3) is 22.3 Å². The van der Waals surface area contributed by atoms with E-state index < -0.39 is 96.9 Å². The zero-order valence-electron chi connectivity index (χ0n) is 27.3. The third-order valence-corrected chi connectivity index (χ3v) is 12.1. The minimum atomic E-state index is -6.34. The number of methoxy groups -OCH3 is 1. The number of aliphatic hydroxyl groups is 3. The summed E-state index contributed by atoms with van der Waals surface area (Å²) in [5, 5.41) is 31.9. The van der Waals surface area contributed by atoms with Crippen molar-refractivity contribution in [2.24, 2.45) is 7.05 Å². The first-order chi connectivity index (χ1) is 24.7. The summed E-state index contributed by atoms with van der Waals surface area (Å²) in [5.74, 6) is -0.0825. The van der Waals surface area contributed by atoms with Crippen LogP contribution in [0.4, 0.5) is 5.95 Å². The number of nitrogen functional groups attached to an aromatic ring is 1. The highest BCUT2D eigenvalue weighted by atomic mass is 31.3. The molecule has 0 aliphatic carbocycles. The molecule has 27 nitrogen and oxygen atoms in total. The van der Waals surface area contributed by atoms with Crippen molar-refractivity contribution in [3.05, 3.63) is 39.2 Å². The number of phosphoric acid groups is 3. The lowest BCUT2D eigenvalue weighted by Gasteiger charge is -2.35. The van der Waals surface area contributed by atoms with E-state index in [0.29, 0.717) is 0 Å². The number of ether oxygens (including phenoxy) is 3. The zero-order valence-corrected chi connectivity index (χ0v) is 29.9. The van der Waals surface area contributed by atoms with Crippen LogP contribution in [0.2, 0.25) is 0 Å². The molecule has 6 heterocycles. The number of anilines is 1. The van der Waals surface area contributed by atoms with Gasteiger partial charge in [-0.25, -0.2) is 23.2 Å². The maximum absolute atomic E-state index is 12.5. The molecule has 5 unspecified atom stereocenters. The van der Waals surface area contributed by atoms with E-state index in [1.54, 1.807) is 0 Å². The average molecular weight is 813 g/mol. The summed E-state index contributed by atoms with van der Waals surface area (Å²) in [7, 11) is -15.7. The van der Waals surface area contributed by atoms with Crippen molar-refractivity contribution in [2.75, 3.05) is 26.1 Å². The number of hydrogen-bond acceptors (Lipinski definition) is 22. The van der Waals surface area contributed by atoms with Crippen molar-refractivity contribution < 1.29 is 80.1 Å². The van der Waals surface area contributed by atoms with Crippen LogP contribution in [0.15, 0.2) is 22.2 Å². The summed E-state index contributed by atoms with van der Waals surface area (Å²) < 4.78 is 73.9. The monoisotopic (exact) mass is 813 g/mol. The number of rotatable bonds is 13. The smallest absolute Gasteiger partial charge is 0.313 e. The number of nitrogens with two attached hydrogens (primary N) is 1. The molecule has 11 atom stereocenters. The maximum atomic E-state index is 12.5. The second-order valence-electron chi connectivity index (χ2n) is 11.6. The highest BCUT2D eigenvalue weighted by molar-refractivity contribution is 7.65. The number of aromatic nitrogens is 8. The van der Waals surface area contributed by atoms with Gasteiger partial charge in [-0.1, -0.05) is 4.98 Å². The number of imidazole rings is 2. The predicted octanol–water partition coefficient (Wildman–Crippen LogP) is -5.06. The number of H-pyrrole nitrogens is 2. The number of fused-ring (bicyclic) bond motifs is 2. The number of aliphatic hydroxyl groups excluding tert-OH is 3. The fraction of sp³-hybridized carbons (Fsp3) is 0.565. The van der Waals surface area contributed by atoms with E-state index in [1.165, 1.54) is 29.4 Å². The van der Waals surface area contributed by atoms with Gasteiger partial charge in [0.15, 0.2) is 23.7 Å². The Morgan fingerprint density at radius 1 is 0.943 bits per heavy atom. The van der Waals surface area contributed by atoms with Crippen LogP contribution in [-0.4, -0.2) is 106 Å². The third kappa shape index (κ3) is 7.92. The fourth-order valence-corrected chi connectivity index (χ4v) is 9.17. The molecule has 0 bridgehead atoms. The van der Waals surface area contributed by atoms with Gasteiger partial charge in [0.05, 0.1) is 26.6 Å². The quantitative estimate of drug-likeness (QED) is 0.0543. The maximum Gasteiger partial charge on any atom is 0.313 e. The molecule has 0 saturated carbocycles. The first kappa shape index (κ1) is 39.4. The Morgan fingerprint density at radius 3 is 2.23 bits per heavy atom. The second kappa shape index (κ2) is 14.4. The normalized spacial score (nSPS) is 29.8. The molecule has 7 N–H and O–H groups in total. The largest absolute Gasteiger partial charge is 0.756 e. The number of nitrogens with one attached hydrogen (secondary N) is 2. The van der Waals surface area contributed by atoms with Crippen molar-refractivity contribution in [3.8, 4) is 0 Å². The molecular weight excluding hydrogens is 783 g/mol. The Morgan fingerprint density at radius 2 is 1.58 bits per heavy atom. The van der Waals surface area contributed by atoms with Gasteiger partial charge >= 0.3 is 5.65 Å². The first-order valence-electron chi connectivity index (χ1n) is 14.9. The van der Waals surface area contributed by atoms with Gasteiger partial charge in [-0.15, -0.1) is 0 Å². The fourth-order valence-electron chi connectivity index (χ4n) is 5.79. The van der Waals surface area contributed by atoms with Gasteiger partial charge in [-0.3, -0.25) is 37.4 Å². The van der Waals surface area contributed by atoms with Gasteiger partial charge < -0.3 is 64.0 Å². The van der Waals surface area contributed by atoms with Crippen LogP contribution >= 0.6 is 23.5 Å². The van der Waals surface area contributed by atoms with Crippen molar-refractivity contribution >= 4 is 51.7 Å². The van der Waals surface area contributed by atoms with Gasteiger partial charge in [0, 0.05) is 7.11 Å². The van der Waals surface area contributed by atoms with Gasteiger partial charge in [0.1, 0.15) is 42.4 Å². The van der Waals surface area contributed by atoms with Crippen molar-refractivity contribution in [2.45, 2.75) is 56.0 Å². The van der Waals surface area contributed by atoms with E-state index >= 15 is 0 Å². The highest BCUT2D eigenvalue weighted by Crippen LogP contribution is 2.63. The SMILES string of the molecule is CO[C@@H]1C(O)[C@H]([n+]2cn(C)c3c(=O)[nH]c(N)nc32)O[C@@H]1COP(=O)([O-])OP(=O)([O-])OP(=O)([O-])OC[C@H]1O[C@@H](n2cnc3c(=O)[nH]c(C)nc32)C(O)[C@H]1O. The number of nitrogens with zero attached hydrogens (tertiary/aromatic N) is 6. The lowest BCUT2D eigenvalue weighted by molar-refractivity contribution is -0.745. The van der Waals surface area contributed by atoms with Gasteiger partial charge in [-0.2, -0.15) is 0 Å². The Hall–Kier alpha value is -3.33. The number of aryl methyl sites for hydroxylation is 2. The molecule has 6 rings (SSSR count). The van der Waals surface area contributed by atoms with E-state index in [1.807, 2.05) is 0 Å². The molecule has 2 saturated heterocycles. The Balaban J connectivity index is 1.06. The van der Waals surface area contributed by atoms with E-state index in [9.17, 15) is 53.3 Å². The number of phosphoric ester groups is 2. The molecule has 2 aliphatic heterocycles. The molecule has 0 amide bonds. The lowest BCUT2D eigenvalue weighted by Crippen LogP contribution is -2.46. The van der Waals surface area contributed by atoms with Gasteiger partial charge in [-0.05, 0) is 6.92 Å². The van der Waals surface area contributed by atoms with Crippen molar-refractivity contribution in [1.82, 2.24) is 34.1 Å². The predicted molar refractivity (Wildman–Crippen MR) is 162 cm³/mol. The molecule has 0 aromatic carbocycles. The molecule has 4 aromatic heterocycles. The summed E-state index contributed by atoms with van der Waals surface area (Å²) >= 11 is 0. The molecule has 0 spiro atoms. The summed E-state index contributed by atoms with van der Waals surface area (Å²) in [4.78, 5) is 78.4. The van der Waals surface area contributed by atoms with Crippen LogP contribution in [0.5, 0.6) is 0 Å².